The van der Waals surface area contributed by atoms with Crippen LogP contribution in [0.5, 0.6) is 0 Å². The van der Waals surface area contributed by atoms with Gasteiger partial charge in [-0.15, -0.1) is 0 Å². The summed E-state index contributed by atoms with van der Waals surface area (Å²) in [5.74, 6) is -0.347. The van der Waals surface area contributed by atoms with Crippen LogP contribution in [0.15, 0.2) is 24.3 Å². The molecule has 1 aromatic rings. The Balaban J connectivity index is 2.02. The van der Waals surface area contributed by atoms with E-state index < -0.39 is 11.5 Å². The molecule has 1 saturated heterocycles. The first kappa shape index (κ1) is 16.3. The van der Waals surface area contributed by atoms with E-state index in [1.807, 2.05) is 13.8 Å². The molecule has 0 spiro atoms. The molecule has 0 aromatic heterocycles. The van der Waals surface area contributed by atoms with Crippen molar-refractivity contribution < 1.29 is 19.1 Å². The van der Waals surface area contributed by atoms with Crippen molar-refractivity contribution in [3.63, 3.8) is 0 Å². The fraction of sp³-hybridized carbons (Fsp3) is 0.500. The normalized spacial score (nSPS) is 16.4. The summed E-state index contributed by atoms with van der Waals surface area (Å²) in [5, 5.41) is 11.2. The molecule has 0 bridgehead atoms. The fourth-order valence-corrected chi connectivity index (χ4v) is 2.79. The minimum atomic E-state index is -1.03. The Morgan fingerprint density at radius 2 is 1.77 bits per heavy atom. The number of rotatable bonds is 3. The zero-order chi connectivity index (χ0) is 16.3. The minimum absolute atomic E-state index is 0.0205. The Kier molecular flexibility index (Phi) is 4.68. The largest absolute Gasteiger partial charge is 0.465 e. The maximum Gasteiger partial charge on any atom is 0.404 e. The lowest BCUT2D eigenvalue weighted by Crippen LogP contribution is -2.50. The molecule has 2 amide bonds. The summed E-state index contributed by atoms with van der Waals surface area (Å²) in [6.07, 6.45) is 0.186. The molecule has 1 aliphatic heterocycles. The average molecular weight is 308 g/mol. The second-order valence-electron chi connectivity index (χ2n) is 6.15. The molecule has 2 rings (SSSR count). The molecule has 5 nitrogen and oxygen atoms in total. The summed E-state index contributed by atoms with van der Waals surface area (Å²) in [5.41, 5.74) is 0.0329. The van der Waals surface area contributed by atoms with E-state index in [0.717, 1.165) is 5.56 Å². The molecule has 0 saturated carbocycles. The molecule has 0 atom stereocenters. The van der Waals surface area contributed by atoms with Gasteiger partial charge in [-0.1, -0.05) is 12.1 Å². The molecule has 6 heteroatoms. The van der Waals surface area contributed by atoms with Crippen LogP contribution in [0.3, 0.4) is 0 Å². The van der Waals surface area contributed by atoms with Crippen LogP contribution in [-0.4, -0.2) is 41.1 Å². The van der Waals surface area contributed by atoms with Crippen molar-refractivity contribution >= 4 is 12.0 Å². The van der Waals surface area contributed by atoms with Crippen molar-refractivity contribution in [2.45, 2.75) is 38.1 Å². The first-order chi connectivity index (χ1) is 10.3. The number of benzene rings is 1. The number of likely N-dealkylation sites (tertiary alicyclic amines) is 1. The van der Waals surface area contributed by atoms with Crippen LogP contribution in [0, 0.1) is 5.82 Å². The Hall–Kier alpha value is -2.11. The van der Waals surface area contributed by atoms with Crippen LogP contribution in [0.2, 0.25) is 0 Å². The molecule has 120 valence electrons. The highest BCUT2D eigenvalue weighted by atomic mass is 19.1. The van der Waals surface area contributed by atoms with Gasteiger partial charge in [0.15, 0.2) is 0 Å². The second-order valence-corrected chi connectivity index (χ2v) is 6.15. The van der Waals surface area contributed by atoms with Gasteiger partial charge < -0.3 is 15.3 Å². The monoisotopic (exact) mass is 308 g/mol. The van der Waals surface area contributed by atoms with Crippen molar-refractivity contribution in [1.29, 1.82) is 0 Å². The van der Waals surface area contributed by atoms with Crippen molar-refractivity contribution in [3.05, 3.63) is 35.6 Å². The quantitative estimate of drug-likeness (QED) is 0.900. The predicted molar refractivity (Wildman–Crippen MR) is 80.2 cm³/mol. The van der Waals surface area contributed by atoms with Crippen LogP contribution < -0.4 is 5.32 Å². The van der Waals surface area contributed by atoms with Gasteiger partial charge in [0.1, 0.15) is 5.82 Å². The summed E-state index contributed by atoms with van der Waals surface area (Å²) in [4.78, 5) is 25.1. The smallest absolute Gasteiger partial charge is 0.404 e. The van der Waals surface area contributed by atoms with E-state index in [9.17, 15) is 14.0 Å². The van der Waals surface area contributed by atoms with Gasteiger partial charge in [-0.25, -0.2) is 9.18 Å². The molecule has 0 radical (unpaired) electrons. The Morgan fingerprint density at radius 1 is 1.23 bits per heavy atom. The Bertz CT molecular complexity index is 549. The molecule has 0 aliphatic carbocycles. The third kappa shape index (κ3) is 3.55. The first-order valence-corrected chi connectivity index (χ1v) is 7.35. The van der Waals surface area contributed by atoms with Crippen LogP contribution in [0.1, 0.15) is 32.3 Å². The fourth-order valence-electron chi connectivity index (χ4n) is 2.79. The van der Waals surface area contributed by atoms with Crippen LogP contribution >= 0.6 is 0 Å². The van der Waals surface area contributed by atoms with Gasteiger partial charge in [-0.05, 0) is 44.4 Å². The van der Waals surface area contributed by atoms with E-state index in [0.29, 0.717) is 25.9 Å². The lowest BCUT2D eigenvalue weighted by molar-refractivity contribution is -0.137. The van der Waals surface area contributed by atoms with Crippen molar-refractivity contribution in [3.8, 4) is 0 Å². The Labute approximate surface area is 129 Å². The molecule has 1 fully saturated rings. The lowest BCUT2D eigenvalue weighted by Gasteiger charge is -2.37. The standard InChI is InChI=1S/C16H21FN2O3/c1-16(2,11-3-5-12(17)6-4-11)14(20)19-9-7-13(8-10-19)18-15(21)22/h3-6,13,18H,7-10H2,1-2H3,(H,21,22). The number of hydrogen-bond acceptors (Lipinski definition) is 2. The van der Waals surface area contributed by atoms with Gasteiger partial charge in [-0.2, -0.15) is 0 Å². The number of carbonyl (C=O) groups is 2. The summed E-state index contributed by atoms with van der Waals surface area (Å²) in [7, 11) is 0. The van der Waals surface area contributed by atoms with E-state index in [4.69, 9.17) is 5.11 Å². The lowest BCUT2D eigenvalue weighted by atomic mass is 9.82. The zero-order valence-electron chi connectivity index (χ0n) is 12.8. The van der Waals surface area contributed by atoms with Gasteiger partial charge in [0.05, 0.1) is 5.41 Å². The van der Waals surface area contributed by atoms with Gasteiger partial charge in [0, 0.05) is 19.1 Å². The molecular formula is C16H21FN2O3. The number of nitrogens with one attached hydrogen (secondary N) is 1. The van der Waals surface area contributed by atoms with Gasteiger partial charge >= 0.3 is 6.09 Å². The summed E-state index contributed by atoms with van der Waals surface area (Å²) >= 11 is 0. The van der Waals surface area contributed by atoms with Crippen molar-refractivity contribution in [1.82, 2.24) is 10.2 Å². The van der Waals surface area contributed by atoms with Crippen LogP contribution in [0.4, 0.5) is 9.18 Å². The van der Waals surface area contributed by atoms with Crippen LogP contribution in [-0.2, 0) is 10.2 Å². The first-order valence-electron chi connectivity index (χ1n) is 7.35. The second kappa shape index (κ2) is 6.34. The number of piperidine rings is 1. The van der Waals surface area contributed by atoms with Crippen LogP contribution in [0.25, 0.3) is 0 Å². The molecule has 1 aromatic carbocycles. The van der Waals surface area contributed by atoms with E-state index in [1.165, 1.54) is 12.1 Å². The number of nitrogens with zero attached hydrogens (tertiary/aromatic N) is 1. The molecule has 22 heavy (non-hydrogen) atoms. The maximum absolute atomic E-state index is 13.0. The van der Waals surface area contributed by atoms with Crippen molar-refractivity contribution in [2.24, 2.45) is 0 Å². The maximum atomic E-state index is 13.0. The highest BCUT2D eigenvalue weighted by Crippen LogP contribution is 2.27. The number of hydrogen-bond donors (Lipinski definition) is 2. The third-order valence-electron chi connectivity index (χ3n) is 4.21. The van der Waals surface area contributed by atoms with Crippen molar-refractivity contribution in [2.75, 3.05) is 13.1 Å². The summed E-state index contributed by atoms with van der Waals surface area (Å²) < 4.78 is 13.0. The number of carboxylic acid groups (broad SMARTS) is 1. The molecule has 1 aliphatic rings. The average Bonchev–Trinajstić information content (AvgIpc) is 2.47. The summed E-state index contributed by atoms with van der Waals surface area (Å²) in [6.45, 7) is 4.69. The molecule has 0 unspecified atom stereocenters. The molecular weight excluding hydrogens is 287 g/mol. The predicted octanol–water partition coefficient (Wildman–Crippen LogP) is 2.36. The summed E-state index contributed by atoms with van der Waals surface area (Å²) in [6, 6.07) is 5.87. The van der Waals surface area contributed by atoms with E-state index in [2.05, 4.69) is 5.32 Å². The van der Waals surface area contributed by atoms with Gasteiger partial charge in [-0.3, -0.25) is 4.79 Å². The number of amides is 2. The highest BCUT2D eigenvalue weighted by Gasteiger charge is 2.35. The van der Waals surface area contributed by atoms with E-state index in [1.54, 1.807) is 17.0 Å². The van der Waals surface area contributed by atoms with Gasteiger partial charge in [0.25, 0.3) is 0 Å². The highest BCUT2D eigenvalue weighted by molar-refractivity contribution is 5.87. The zero-order valence-corrected chi connectivity index (χ0v) is 12.8. The molecule has 1 heterocycles. The third-order valence-corrected chi connectivity index (χ3v) is 4.21. The topological polar surface area (TPSA) is 69.6 Å². The van der Waals surface area contributed by atoms with E-state index >= 15 is 0 Å². The number of halogens is 1. The van der Waals surface area contributed by atoms with E-state index in [-0.39, 0.29) is 17.8 Å². The number of carbonyl (C=O) groups excluding carboxylic acids is 1. The molecule has 2 N–H and O–H groups in total. The SMILES string of the molecule is CC(C)(C(=O)N1CCC(NC(=O)O)CC1)c1ccc(F)cc1. The van der Waals surface area contributed by atoms with Gasteiger partial charge in [0.2, 0.25) is 5.91 Å². The minimum Gasteiger partial charge on any atom is -0.465 e. The Morgan fingerprint density at radius 3 is 2.27 bits per heavy atom.